The molecule has 0 saturated carbocycles. The summed E-state index contributed by atoms with van der Waals surface area (Å²) in [5, 5.41) is 1.49. The fourth-order valence-electron chi connectivity index (χ4n) is 3.00. The Morgan fingerprint density at radius 2 is 1.93 bits per heavy atom. The Labute approximate surface area is 172 Å². The number of hydrogen-bond donors (Lipinski definition) is 0. The molecule has 0 atom stereocenters. The van der Waals surface area contributed by atoms with Crippen LogP contribution in [0.15, 0.2) is 36.5 Å². The zero-order valence-electron chi connectivity index (χ0n) is 14.6. The first-order valence-electron chi connectivity index (χ1n) is 8.25. The molecule has 142 valence electrons. The Balaban J connectivity index is 0.00000210. The van der Waals surface area contributed by atoms with Gasteiger partial charge in [0.2, 0.25) is 11.8 Å². The van der Waals surface area contributed by atoms with E-state index in [1.807, 2.05) is 29.2 Å². The van der Waals surface area contributed by atoms with Crippen LogP contribution in [0, 0.1) is 0 Å². The number of anilines is 1. The van der Waals surface area contributed by atoms with Gasteiger partial charge in [0.1, 0.15) is 4.88 Å². The van der Waals surface area contributed by atoms with E-state index in [2.05, 4.69) is 14.9 Å². The van der Waals surface area contributed by atoms with E-state index in [4.69, 9.17) is 16.3 Å². The third-order valence-electron chi connectivity index (χ3n) is 4.41. The molecule has 1 saturated heterocycles. The zero-order chi connectivity index (χ0) is 18.1. The van der Waals surface area contributed by atoms with Crippen molar-refractivity contribution in [3.63, 3.8) is 0 Å². The standard InChI is InChI=1S/C18H17ClN4O2S.ClH/c1-25-14-6-7-20-18(21-14)23-10-8-22(9-11-23)17(24)16-15(19)12-4-2-3-5-13(12)26-16;/h2-7H,8-11H2,1H3;1H. The highest BCUT2D eigenvalue weighted by Crippen LogP contribution is 2.36. The van der Waals surface area contributed by atoms with Gasteiger partial charge in [-0.05, 0) is 6.07 Å². The molecular formula is C18H18Cl2N4O2S. The van der Waals surface area contributed by atoms with Gasteiger partial charge < -0.3 is 14.5 Å². The molecular weight excluding hydrogens is 407 g/mol. The van der Waals surface area contributed by atoms with Crippen LogP contribution in [0.4, 0.5) is 5.95 Å². The molecule has 0 bridgehead atoms. The number of thiophene rings is 1. The molecule has 1 aliphatic rings. The number of fused-ring (bicyclic) bond motifs is 1. The number of amides is 1. The number of nitrogens with zero attached hydrogens (tertiary/aromatic N) is 4. The highest BCUT2D eigenvalue weighted by atomic mass is 35.5. The Morgan fingerprint density at radius 3 is 2.63 bits per heavy atom. The van der Waals surface area contributed by atoms with Gasteiger partial charge in [0.25, 0.3) is 5.91 Å². The van der Waals surface area contributed by atoms with E-state index in [1.165, 1.54) is 11.3 Å². The number of carbonyl (C=O) groups excluding carboxylic acids is 1. The maximum Gasteiger partial charge on any atom is 0.265 e. The first-order chi connectivity index (χ1) is 12.7. The van der Waals surface area contributed by atoms with Crippen LogP contribution in [-0.4, -0.2) is 54.1 Å². The number of halogens is 2. The summed E-state index contributed by atoms with van der Waals surface area (Å²) in [6, 6.07) is 9.54. The number of ether oxygens (including phenoxy) is 1. The quantitative estimate of drug-likeness (QED) is 0.640. The first-order valence-corrected chi connectivity index (χ1v) is 9.45. The number of rotatable bonds is 3. The van der Waals surface area contributed by atoms with Gasteiger partial charge >= 0.3 is 0 Å². The molecule has 0 N–H and O–H groups in total. The lowest BCUT2D eigenvalue weighted by Crippen LogP contribution is -2.49. The van der Waals surface area contributed by atoms with Crippen molar-refractivity contribution < 1.29 is 9.53 Å². The average Bonchev–Trinajstić information content (AvgIpc) is 3.04. The molecule has 4 rings (SSSR count). The molecule has 1 fully saturated rings. The molecule has 9 heteroatoms. The monoisotopic (exact) mass is 424 g/mol. The lowest BCUT2D eigenvalue weighted by atomic mass is 10.2. The molecule has 0 aliphatic carbocycles. The molecule has 2 aromatic heterocycles. The van der Waals surface area contributed by atoms with Crippen molar-refractivity contribution in [2.24, 2.45) is 0 Å². The lowest BCUT2D eigenvalue weighted by molar-refractivity contribution is 0.0751. The summed E-state index contributed by atoms with van der Waals surface area (Å²) in [5.41, 5.74) is 0. The van der Waals surface area contributed by atoms with Crippen LogP contribution in [0.2, 0.25) is 5.02 Å². The third kappa shape index (κ3) is 3.81. The summed E-state index contributed by atoms with van der Waals surface area (Å²) in [4.78, 5) is 26.1. The predicted octanol–water partition coefficient (Wildman–Crippen LogP) is 3.74. The molecule has 27 heavy (non-hydrogen) atoms. The van der Waals surface area contributed by atoms with E-state index in [0.717, 1.165) is 10.1 Å². The van der Waals surface area contributed by atoms with Crippen molar-refractivity contribution in [1.82, 2.24) is 14.9 Å². The van der Waals surface area contributed by atoms with Crippen LogP contribution in [0.25, 0.3) is 10.1 Å². The van der Waals surface area contributed by atoms with Crippen LogP contribution >= 0.6 is 35.3 Å². The SMILES string of the molecule is COc1ccnc(N2CCN(C(=O)c3sc4ccccc4c3Cl)CC2)n1.Cl. The van der Waals surface area contributed by atoms with Gasteiger partial charge in [-0.15, -0.1) is 23.7 Å². The van der Waals surface area contributed by atoms with Gasteiger partial charge in [-0.2, -0.15) is 4.98 Å². The van der Waals surface area contributed by atoms with Crippen LogP contribution in [0.1, 0.15) is 9.67 Å². The lowest BCUT2D eigenvalue weighted by Gasteiger charge is -2.34. The molecule has 1 aromatic carbocycles. The zero-order valence-corrected chi connectivity index (χ0v) is 17.0. The Bertz CT molecular complexity index is 957. The van der Waals surface area contributed by atoms with Crippen LogP contribution in [0.3, 0.4) is 0 Å². The van der Waals surface area contributed by atoms with Crippen molar-refractivity contribution in [1.29, 1.82) is 0 Å². The molecule has 0 radical (unpaired) electrons. The average molecular weight is 425 g/mol. The van der Waals surface area contributed by atoms with Crippen molar-refractivity contribution in [3.8, 4) is 5.88 Å². The summed E-state index contributed by atoms with van der Waals surface area (Å²) in [6.45, 7) is 2.54. The molecule has 3 aromatic rings. The van der Waals surface area contributed by atoms with Gasteiger partial charge in [0.05, 0.1) is 12.1 Å². The normalized spacial score (nSPS) is 14.1. The highest BCUT2D eigenvalue weighted by Gasteiger charge is 2.27. The molecule has 1 amide bonds. The van der Waals surface area contributed by atoms with Crippen molar-refractivity contribution >= 4 is 57.3 Å². The molecule has 0 spiro atoms. The van der Waals surface area contributed by atoms with Gasteiger partial charge in [-0.25, -0.2) is 4.98 Å². The Morgan fingerprint density at radius 1 is 1.19 bits per heavy atom. The van der Waals surface area contributed by atoms with E-state index >= 15 is 0 Å². The molecule has 3 heterocycles. The highest BCUT2D eigenvalue weighted by molar-refractivity contribution is 7.21. The predicted molar refractivity (Wildman–Crippen MR) is 111 cm³/mol. The minimum atomic E-state index is -0.0117. The van der Waals surface area contributed by atoms with Gasteiger partial charge in [0, 0.05) is 48.5 Å². The van der Waals surface area contributed by atoms with E-state index < -0.39 is 0 Å². The number of methoxy groups -OCH3 is 1. The van der Waals surface area contributed by atoms with Crippen molar-refractivity contribution in [2.45, 2.75) is 0 Å². The largest absolute Gasteiger partial charge is 0.481 e. The Kier molecular flexibility index (Phi) is 6.04. The minimum Gasteiger partial charge on any atom is -0.481 e. The summed E-state index contributed by atoms with van der Waals surface area (Å²) < 4.78 is 6.18. The number of carbonyl (C=O) groups is 1. The van der Waals surface area contributed by atoms with E-state index in [9.17, 15) is 4.79 Å². The van der Waals surface area contributed by atoms with Gasteiger partial charge in [-0.3, -0.25) is 4.79 Å². The maximum absolute atomic E-state index is 12.9. The maximum atomic E-state index is 12.9. The summed E-state index contributed by atoms with van der Waals surface area (Å²) in [6.07, 6.45) is 1.68. The molecule has 0 unspecified atom stereocenters. The second kappa shape index (κ2) is 8.29. The molecule has 6 nitrogen and oxygen atoms in total. The summed E-state index contributed by atoms with van der Waals surface area (Å²) >= 11 is 7.90. The van der Waals surface area contributed by atoms with Crippen molar-refractivity contribution in [2.75, 3.05) is 38.2 Å². The second-order valence-corrected chi connectivity index (χ2v) is 7.35. The van der Waals surface area contributed by atoms with Crippen LogP contribution in [0.5, 0.6) is 5.88 Å². The van der Waals surface area contributed by atoms with E-state index in [0.29, 0.717) is 47.9 Å². The summed E-state index contributed by atoms with van der Waals surface area (Å²) in [7, 11) is 1.58. The second-order valence-electron chi connectivity index (χ2n) is 5.92. The smallest absolute Gasteiger partial charge is 0.265 e. The topological polar surface area (TPSA) is 58.6 Å². The van der Waals surface area contributed by atoms with E-state index in [-0.39, 0.29) is 18.3 Å². The summed E-state index contributed by atoms with van der Waals surface area (Å²) in [5.74, 6) is 1.14. The number of hydrogen-bond acceptors (Lipinski definition) is 6. The fraction of sp³-hybridized carbons (Fsp3) is 0.278. The molecule has 1 aliphatic heterocycles. The minimum absolute atomic E-state index is 0. The first kappa shape index (κ1) is 19.7. The van der Waals surface area contributed by atoms with Crippen LogP contribution in [-0.2, 0) is 0 Å². The number of aromatic nitrogens is 2. The Hall–Kier alpha value is -2.09. The van der Waals surface area contributed by atoms with Crippen LogP contribution < -0.4 is 9.64 Å². The van der Waals surface area contributed by atoms with Gasteiger partial charge in [-0.1, -0.05) is 29.8 Å². The number of piperazine rings is 1. The fourth-order valence-corrected chi connectivity index (χ4v) is 4.48. The third-order valence-corrected chi connectivity index (χ3v) is 6.07. The van der Waals surface area contributed by atoms with E-state index in [1.54, 1.807) is 19.4 Å². The number of benzene rings is 1. The van der Waals surface area contributed by atoms with Gasteiger partial charge in [0.15, 0.2) is 0 Å². The van der Waals surface area contributed by atoms with Crippen molar-refractivity contribution in [3.05, 3.63) is 46.4 Å².